The maximum absolute atomic E-state index is 12.0. The molecule has 20 atom stereocenters. The highest BCUT2D eigenvalue weighted by Crippen LogP contribution is 2.71. The predicted octanol–water partition coefficient (Wildman–Crippen LogP) is -0.919. The fourth-order valence-electron chi connectivity index (χ4n) is 11.9. The molecule has 2 heterocycles. The lowest BCUT2D eigenvalue weighted by Gasteiger charge is -2.67. The molecular weight excluding hydrogens is 696 g/mol. The number of hydrogen-bond donors (Lipinski definition) is 9. The molecule has 20 unspecified atom stereocenters. The molecular formula is C34H58O16S. The third kappa shape index (κ3) is 6.14. The Hall–Kier alpha value is -0.610. The minimum atomic E-state index is -5.10. The monoisotopic (exact) mass is 754 g/mol. The Morgan fingerprint density at radius 3 is 2.25 bits per heavy atom. The molecule has 16 nitrogen and oxygen atoms in total. The van der Waals surface area contributed by atoms with Crippen LogP contribution in [0.5, 0.6) is 0 Å². The van der Waals surface area contributed by atoms with Gasteiger partial charge >= 0.3 is 10.4 Å². The van der Waals surface area contributed by atoms with Crippen LogP contribution in [0.2, 0.25) is 0 Å². The fourth-order valence-corrected chi connectivity index (χ4v) is 12.4. The summed E-state index contributed by atoms with van der Waals surface area (Å²) in [5.74, 6) is -1.06. The van der Waals surface area contributed by atoms with E-state index in [2.05, 4.69) is 13.8 Å². The number of aliphatic hydroxyl groups is 8. The lowest BCUT2D eigenvalue weighted by molar-refractivity contribution is -0.321. The van der Waals surface area contributed by atoms with Crippen molar-refractivity contribution in [1.82, 2.24) is 0 Å². The van der Waals surface area contributed by atoms with Gasteiger partial charge in [-0.15, -0.1) is 0 Å². The van der Waals surface area contributed by atoms with Gasteiger partial charge in [-0.2, -0.15) is 8.42 Å². The molecule has 6 aliphatic rings. The van der Waals surface area contributed by atoms with Crippen molar-refractivity contribution in [2.45, 2.75) is 145 Å². The first-order valence-electron chi connectivity index (χ1n) is 18.3. The summed E-state index contributed by atoms with van der Waals surface area (Å²) in [6.45, 7) is 7.64. The van der Waals surface area contributed by atoms with E-state index in [0.29, 0.717) is 38.5 Å². The Labute approximate surface area is 299 Å². The normalized spacial score (nSPS) is 54.7. The first kappa shape index (κ1) is 40.1. The summed E-state index contributed by atoms with van der Waals surface area (Å²) < 4.78 is 61.7. The van der Waals surface area contributed by atoms with Gasteiger partial charge in [-0.25, -0.2) is 4.18 Å². The van der Waals surface area contributed by atoms with Crippen molar-refractivity contribution in [2.24, 2.45) is 46.3 Å². The standard InChI is InChI=1S/C34H58O16S/c1-15(14-47-30-25(38)24(37)23(36)21(13-35)48-30)6-11-34(46-5)16(2)22-20(49-34)12-19-17-7-10-33(42)28(40)26(39)27(50-51(43,44)45)29(41)32(33,4)18(17)8-9-31(19,22)3/h15-30,35-42H,6-14H2,1-5H3,(H,43,44,45). The first-order chi connectivity index (χ1) is 23.7. The fraction of sp³-hybridized carbons (Fsp3) is 1.00. The molecule has 4 saturated carbocycles. The SMILES string of the molecule is COC1(CCC(C)COC2OC(CO)C(O)C(O)C2O)OC2CC3C4CCC5(O)C(O)C(O)C(OS(=O)(=O)O)C(O)C5(C)C4CCC3(C)C2C1C. The van der Waals surface area contributed by atoms with E-state index in [1.165, 1.54) is 0 Å². The Morgan fingerprint density at radius 1 is 0.941 bits per heavy atom. The third-order valence-corrected chi connectivity index (χ3v) is 15.2. The van der Waals surface area contributed by atoms with Crippen molar-refractivity contribution in [1.29, 1.82) is 0 Å². The second-order valence-corrected chi connectivity index (χ2v) is 18.0. The molecule has 0 aromatic heterocycles. The molecule has 0 radical (unpaired) electrons. The predicted molar refractivity (Wildman–Crippen MR) is 175 cm³/mol. The maximum atomic E-state index is 12.0. The molecule has 17 heteroatoms. The zero-order chi connectivity index (χ0) is 37.6. The van der Waals surface area contributed by atoms with E-state index in [1.54, 1.807) is 14.0 Å². The lowest BCUT2D eigenvalue weighted by Crippen LogP contribution is -2.77. The van der Waals surface area contributed by atoms with Crippen LogP contribution in [0.1, 0.15) is 72.6 Å². The van der Waals surface area contributed by atoms with Crippen LogP contribution in [-0.4, -0.2) is 147 Å². The van der Waals surface area contributed by atoms with Gasteiger partial charge in [-0.1, -0.05) is 27.7 Å². The Morgan fingerprint density at radius 2 is 1.63 bits per heavy atom. The van der Waals surface area contributed by atoms with Crippen LogP contribution in [0.4, 0.5) is 0 Å². The average Bonchev–Trinajstić information content (AvgIpc) is 3.54. The van der Waals surface area contributed by atoms with Crippen LogP contribution < -0.4 is 0 Å². The lowest BCUT2D eigenvalue weighted by atomic mass is 9.41. The van der Waals surface area contributed by atoms with Crippen LogP contribution in [0.3, 0.4) is 0 Å². The van der Waals surface area contributed by atoms with Gasteiger partial charge in [0.25, 0.3) is 0 Å². The molecule has 2 aliphatic heterocycles. The van der Waals surface area contributed by atoms with Crippen molar-refractivity contribution in [3.8, 4) is 0 Å². The van der Waals surface area contributed by atoms with Gasteiger partial charge < -0.3 is 59.8 Å². The van der Waals surface area contributed by atoms with Crippen LogP contribution in [0.15, 0.2) is 0 Å². The number of ether oxygens (including phenoxy) is 4. The van der Waals surface area contributed by atoms with Crippen LogP contribution in [-0.2, 0) is 33.5 Å². The van der Waals surface area contributed by atoms with Crippen LogP contribution in [0.25, 0.3) is 0 Å². The van der Waals surface area contributed by atoms with E-state index in [1.807, 2.05) is 6.92 Å². The van der Waals surface area contributed by atoms with Gasteiger partial charge in [0.15, 0.2) is 12.1 Å². The minimum Gasteiger partial charge on any atom is -0.394 e. The van der Waals surface area contributed by atoms with Crippen molar-refractivity contribution in [3.05, 3.63) is 0 Å². The summed E-state index contributed by atoms with van der Waals surface area (Å²) in [5, 5.41) is 85.5. The molecule has 0 aromatic rings. The molecule has 0 bridgehead atoms. The Balaban J connectivity index is 1.14. The molecule has 9 N–H and O–H groups in total. The quantitative estimate of drug-likeness (QED) is 0.122. The summed E-state index contributed by atoms with van der Waals surface area (Å²) >= 11 is 0. The van der Waals surface area contributed by atoms with E-state index >= 15 is 0 Å². The van der Waals surface area contributed by atoms with Gasteiger partial charge in [0.05, 0.1) is 25.4 Å². The van der Waals surface area contributed by atoms with Crippen molar-refractivity contribution in [2.75, 3.05) is 20.3 Å². The van der Waals surface area contributed by atoms with Gasteiger partial charge in [0.1, 0.15) is 48.3 Å². The average molecular weight is 755 g/mol. The summed E-state index contributed by atoms with van der Waals surface area (Å²) in [6.07, 6.45) is -10.5. The number of fused-ring (bicyclic) bond motifs is 7. The summed E-state index contributed by atoms with van der Waals surface area (Å²) in [4.78, 5) is 0. The van der Waals surface area contributed by atoms with E-state index in [4.69, 9.17) is 23.1 Å². The minimum absolute atomic E-state index is 0.0153. The van der Waals surface area contributed by atoms with Gasteiger partial charge in [-0.05, 0) is 73.5 Å². The van der Waals surface area contributed by atoms with E-state index < -0.39 is 88.9 Å². The molecule has 0 amide bonds. The molecule has 296 valence electrons. The van der Waals surface area contributed by atoms with Crippen molar-refractivity contribution < 1.29 is 77.0 Å². The largest absolute Gasteiger partial charge is 0.397 e. The van der Waals surface area contributed by atoms with Crippen LogP contribution in [0, 0.1) is 46.3 Å². The number of rotatable bonds is 10. The smallest absolute Gasteiger partial charge is 0.394 e. The van der Waals surface area contributed by atoms with Gasteiger partial charge in [0.2, 0.25) is 0 Å². The zero-order valence-electron chi connectivity index (χ0n) is 29.9. The van der Waals surface area contributed by atoms with Gasteiger partial charge in [-0.3, -0.25) is 4.55 Å². The Bertz CT molecular complexity index is 1370. The molecule has 0 spiro atoms. The highest BCUT2D eigenvalue weighted by molar-refractivity contribution is 7.80. The van der Waals surface area contributed by atoms with Crippen molar-refractivity contribution >= 4 is 10.4 Å². The number of aliphatic hydroxyl groups excluding tert-OH is 7. The molecule has 6 rings (SSSR count). The highest BCUT2D eigenvalue weighted by atomic mass is 32.3. The summed E-state index contributed by atoms with van der Waals surface area (Å²) in [5.41, 5.74) is -3.58. The van der Waals surface area contributed by atoms with E-state index in [0.717, 1.165) is 0 Å². The Kier molecular flexibility index (Phi) is 10.9. The van der Waals surface area contributed by atoms with E-state index in [9.17, 15) is 53.8 Å². The zero-order valence-corrected chi connectivity index (χ0v) is 30.7. The second-order valence-electron chi connectivity index (χ2n) is 16.9. The number of methoxy groups -OCH3 is 1. The van der Waals surface area contributed by atoms with Crippen LogP contribution >= 0.6 is 0 Å². The molecule has 4 aliphatic carbocycles. The van der Waals surface area contributed by atoms with Crippen molar-refractivity contribution in [3.63, 3.8) is 0 Å². The summed E-state index contributed by atoms with van der Waals surface area (Å²) in [7, 11) is -3.46. The highest BCUT2D eigenvalue weighted by Gasteiger charge is 2.74. The molecule has 2 saturated heterocycles. The molecule has 6 fully saturated rings. The summed E-state index contributed by atoms with van der Waals surface area (Å²) in [6, 6.07) is 0. The topological polar surface area (TPSA) is 262 Å². The second kappa shape index (κ2) is 13.8. The maximum Gasteiger partial charge on any atom is 0.397 e. The first-order valence-corrected chi connectivity index (χ1v) is 19.6. The molecule has 0 aromatic carbocycles. The van der Waals surface area contributed by atoms with Gasteiger partial charge in [0, 0.05) is 24.9 Å². The third-order valence-electron chi connectivity index (χ3n) is 14.7. The van der Waals surface area contributed by atoms with E-state index in [-0.39, 0.29) is 60.1 Å². The molecule has 51 heavy (non-hydrogen) atoms. The number of hydrogen-bond acceptors (Lipinski definition) is 15.